The normalized spacial score (nSPS) is 13.9. The van der Waals surface area contributed by atoms with Crippen LogP contribution in [0.15, 0.2) is 12.1 Å². The molecule has 0 bridgehead atoms. The lowest BCUT2D eigenvalue weighted by Crippen LogP contribution is -2.19. The Morgan fingerprint density at radius 1 is 1.00 bits per heavy atom. The lowest BCUT2D eigenvalue weighted by atomic mass is 10.2. The Kier molecular flexibility index (Phi) is 6.99. The van der Waals surface area contributed by atoms with Crippen LogP contribution >= 0.6 is 0 Å². The van der Waals surface area contributed by atoms with Crippen molar-refractivity contribution < 1.29 is 9.47 Å². The van der Waals surface area contributed by atoms with Crippen molar-refractivity contribution in [2.45, 2.75) is 52.4 Å². The molecule has 2 rings (SSSR count). The third kappa shape index (κ3) is 4.75. The molecule has 0 radical (unpaired) electrons. The summed E-state index contributed by atoms with van der Waals surface area (Å²) in [6, 6.07) is 3.77. The summed E-state index contributed by atoms with van der Waals surface area (Å²) in [6.45, 7) is 7.65. The van der Waals surface area contributed by atoms with E-state index >= 15 is 0 Å². The van der Waals surface area contributed by atoms with Gasteiger partial charge in [0.15, 0.2) is 10.7 Å². The fourth-order valence-corrected chi connectivity index (χ4v) is 2.71. The average molecular weight is 318 g/mol. The van der Waals surface area contributed by atoms with Gasteiger partial charge in [0.1, 0.15) is 0 Å². The van der Waals surface area contributed by atoms with Crippen LogP contribution in [0.1, 0.15) is 52.4 Å². The number of hydrogen-bond donors (Lipinski definition) is 0. The van der Waals surface area contributed by atoms with Crippen LogP contribution in [0.25, 0.3) is 4.98 Å². The van der Waals surface area contributed by atoms with Crippen molar-refractivity contribution in [1.29, 1.82) is 5.39 Å². The fraction of sp³-hybridized carbons (Fsp3) is 0.667. The third-order valence-corrected chi connectivity index (χ3v) is 4.11. The minimum atomic E-state index is 0.440. The number of diazo groups is 1. The van der Waals surface area contributed by atoms with Gasteiger partial charge < -0.3 is 14.4 Å². The largest absolute Gasteiger partial charge is 0.491 e. The molecule has 23 heavy (non-hydrogen) atoms. The molecule has 0 saturated carbocycles. The van der Waals surface area contributed by atoms with Crippen LogP contribution < -0.4 is 14.4 Å². The van der Waals surface area contributed by atoms with Gasteiger partial charge in [-0.3, -0.25) is 0 Å². The van der Waals surface area contributed by atoms with Crippen LogP contribution in [0.2, 0.25) is 0 Å². The standard InChI is InChI=1S/C18H28N3O2/c1-3-5-11-22-17-14-16(21-9-7-8-10-21)18(13-15(17)20-19)23-12-6-4-2/h13-14H,3-12H2,1-2H3/q+1. The molecule has 0 unspecified atom stereocenters. The first-order valence-corrected chi connectivity index (χ1v) is 8.83. The lowest BCUT2D eigenvalue weighted by molar-refractivity contribution is 0.303. The molecule has 0 aromatic heterocycles. The molecule has 0 N–H and O–H groups in total. The Labute approximate surface area is 139 Å². The second-order valence-electron chi connectivity index (χ2n) is 5.99. The van der Waals surface area contributed by atoms with E-state index in [2.05, 4.69) is 23.7 Å². The highest BCUT2D eigenvalue weighted by atomic mass is 16.5. The molecule has 5 heteroatoms. The SMILES string of the molecule is CCCCOc1cc(N2CCCC2)c(OCCCC)cc1[N+]#N. The van der Waals surface area contributed by atoms with E-state index in [0.717, 1.165) is 50.2 Å². The zero-order valence-corrected chi connectivity index (χ0v) is 14.4. The molecule has 1 saturated heterocycles. The van der Waals surface area contributed by atoms with E-state index in [4.69, 9.17) is 9.47 Å². The average Bonchev–Trinajstić information content (AvgIpc) is 3.10. The van der Waals surface area contributed by atoms with Gasteiger partial charge in [0.05, 0.1) is 25.0 Å². The Hall–Kier alpha value is -1.96. The Morgan fingerprint density at radius 3 is 2.17 bits per heavy atom. The second kappa shape index (κ2) is 9.24. The quantitative estimate of drug-likeness (QED) is 0.468. The molecule has 0 atom stereocenters. The van der Waals surface area contributed by atoms with Crippen LogP contribution in [0.5, 0.6) is 11.5 Å². The molecule has 126 valence electrons. The Balaban J connectivity index is 2.25. The Bertz CT molecular complexity index is 534. The van der Waals surface area contributed by atoms with Gasteiger partial charge >= 0.3 is 5.69 Å². The molecule has 1 fully saturated rings. The van der Waals surface area contributed by atoms with E-state index in [1.165, 1.54) is 12.8 Å². The third-order valence-electron chi connectivity index (χ3n) is 4.11. The lowest BCUT2D eigenvalue weighted by Gasteiger charge is -2.21. The summed E-state index contributed by atoms with van der Waals surface area (Å²) < 4.78 is 11.8. The van der Waals surface area contributed by atoms with E-state index in [9.17, 15) is 5.39 Å². The molecule has 5 nitrogen and oxygen atoms in total. The molecule has 1 aromatic carbocycles. The molecule has 1 heterocycles. The molecule has 0 amide bonds. The minimum absolute atomic E-state index is 0.440. The van der Waals surface area contributed by atoms with Crippen molar-refractivity contribution in [1.82, 2.24) is 0 Å². The molecule has 0 aliphatic carbocycles. The van der Waals surface area contributed by atoms with E-state index in [1.807, 2.05) is 6.07 Å². The predicted molar refractivity (Wildman–Crippen MR) is 93.4 cm³/mol. The molecular weight excluding hydrogens is 290 g/mol. The van der Waals surface area contributed by atoms with Gasteiger partial charge in [-0.25, -0.2) is 0 Å². The minimum Gasteiger partial charge on any atom is -0.491 e. The van der Waals surface area contributed by atoms with Gasteiger partial charge in [0.2, 0.25) is 11.1 Å². The summed E-state index contributed by atoms with van der Waals surface area (Å²) in [5.74, 6) is 1.42. The van der Waals surface area contributed by atoms with Crippen molar-refractivity contribution in [3.63, 3.8) is 0 Å². The van der Waals surface area contributed by atoms with Crippen molar-refractivity contribution in [3.8, 4) is 11.5 Å². The van der Waals surface area contributed by atoms with Gasteiger partial charge in [0, 0.05) is 19.2 Å². The maximum absolute atomic E-state index is 9.30. The smallest absolute Gasteiger partial charge is 0.430 e. The van der Waals surface area contributed by atoms with Gasteiger partial charge in [-0.15, -0.1) is 0 Å². The summed E-state index contributed by atoms with van der Waals surface area (Å²) >= 11 is 0. The number of nitrogens with zero attached hydrogens (tertiary/aromatic N) is 3. The summed E-state index contributed by atoms with van der Waals surface area (Å²) in [4.78, 5) is 5.71. The maximum atomic E-state index is 9.30. The van der Waals surface area contributed by atoms with E-state index in [0.29, 0.717) is 24.7 Å². The second-order valence-corrected chi connectivity index (χ2v) is 5.99. The highest BCUT2D eigenvalue weighted by Gasteiger charge is 2.25. The van der Waals surface area contributed by atoms with E-state index in [1.54, 1.807) is 6.07 Å². The molecule has 1 aliphatic heterocycles. The summed E-state index contributed by atoms with van der Waals surface area (Å²) in [5, 5.41) is 9.30. The molecule has 0 spiro atoms. The first-order valence-electron chi connectivity index (χ1n) is 8.83. The van der Waals surface area contributed by atoms with E-state index in [-0.39, 0.29) is 0 Å². The van der Waals surface area contributed by atoms with Crippen LogP contribution in [0.3, 0.4) is 0 Å². The van der Waals surface area contributed by atoms with Crippen molar-refractivity contribution in [3.05, 3.63) is 17.1 Å². The van der Waals surface area contributed by atoms with E-state index < -0.39 is 0 Å². The summed E-state index contributed by atoms with van der Waals surface area (Å²) in [6.07, 6.45) is 6.56. The van der Waals surface area contributed by atoms with Crippen molar-refractivity contribution in [2.24, 2.45) is 0 Å². The van der Waals surface area contributed by atoms with Crippen molar-refractivity contribution >= 4 is 11.4 Å². The summed E-state index contributed by atoms with van der Waals surface area (Å²) in [5.41, 5.74) is 1.49. The number of unbranched alkanes of at least 4 members (excludes halogenated alkanes) is 2. The fourth-order valence-electron chi connectivity index (χ4n) is 2.71. The number of benzene rings is 1. The van der Waals surface area contributed by atoms with Crippen LogP contribution in [-0.2, 0) is 0 Å². The van der Waals surface area contributed by atoms with Crippen molar-refractivity contribution in [2.75, 3.05) is 31.2 Å². The monoisotopic (exact) mass is 318 g/mol. The topological polar surface area (TPSA) is 49.9 Å². The summed E-state index contributed by atoms with van der Waals surface area (Å²) in [7, 11) is 0. The van der Waals surface area contributed by atoms with Gasteiger partial charge in [-0.1, -0.05) is 26.7 Å². The molecule has 1 aliphatic rings. The number of ether oxygens (including phenoxy) is 2. The number of hydrogen-bond acceptors (Lipinski definition) is 4. The number of rotatable bonds is 9. The van der Waals surface area contributed by atoms with Crippen LogP contribution in [0, 0.1) is 5.39 Å². The molecule has 1 aromatic rings. The highest BCUT2D eigenvalue weighted by molar-refractivity contribution is 5.72. The van der Waals surface area contributed by atoms with Gasteiger partial charge in [-0.2, -0.15) is 0 Å². The first kappa shape index (κ1) is 17.4. The van der Waals surface area contributed by atoms with Crippen LogP contribution in [0.4, 0.5) is 11.4 Å². The predicted octanol–water partition coefficient (Wildman–Crippen LogP) is 5.13. The van der Waals surface area contributed by atoms with Gasteiger partial charge in [-0.05, 0) is 25.7 Å². The Morgan fingerprint density at radius 2 is 1.61 bits per heavy atom. The molecular formula is C18H28N3O2+. The maximum Gasteiger partial charge on any atom is 0.430 e. The number of anilines is 1. The zero-order valence-electron chi connectivity index (χ0n) is 14.4. The zero-order chi connectivity index (χ0) is 16.5. The van der Waals surface area contributed by atoms with Gasteiger partial charge in [0.25, 0.3) is 0 Å². The first-order chi connectivity index (χ1) is 11.3. The highest BCUT2D eigenvalue weighted by Crippen LogP contribution is 2.41. The van der Waals surface area contributed by atoms with Crippen LogP contribution in [-0.4, -0.2) is 26.3 Å².